The van der Waals surface area contributed by atoms with Gasteiger partial charge < -0.3 is 14.6 Å². The lowest BCUT2D eigenvalue weighted by Gasteiger charge is -2.27. The first-order valence-electron chi connectivity index (χ1n) is 11.9. The van der Waals surface area contributed by atoms with Crippen molar-refractivity contribution in [2.45, 2.75) is 51.0 Å². The summed E-state index contributed by atoms with van der Waals surface area (Å²) in [7, 11) is -2.14. The summed E-state index contributed by atoms with van der Waals surface area (Å²) >= 11 is 0. The highest BCUT2D eigenvalue weighted by atomic mass is 32.2. The first-order valence-corrected chi connectivity index (χ1v) is 13.3. The molecule has 0 aromatic heterocycles. The summed E-state index contributed by atoms with van der Waals surface area (Å²) in [6.45, 7) is 5.46. The number of carboxylic acids is 1. The van der Waals surface area contributed by atoms with Crippen molar-refractivity contribution < 1.29 is 27.8 Å². The van der Waals surface area contributed by atoms with Crippen LogP contribution in [0.5, 0.6) is 11.5 Å². The minimum Gasteiger partial charge on any atom is -0.496 e. The molecule has 0 unspecified atom stereocenters. The molecule has 0 saturated heterocycles. The number of hydrogen-bond donors (Lipinski definition) is 2. The molecule has 0 bridgehead atoms. The first kappa shape index (κ1) is 25.7. The maximum Gasteiger partial charge on any atom is 0.341 e. The van der Waals surface area contributed by atoms with E-state index in [2.05, 4.69) is 4.72 Å². The van der Waals surface area contributed by atoms with Crippen LogP contribution in [0, 0.1) is 20.8 Å². The molecule has 7 nitrogen and oxygen atoms in total. The van der Waals surface area contributed by atoms with Crippen LogP contribution < -0.4 is 14.2 Å². The lowest BCUT2D eigenvalue weighted by Crippen LogP contribution is -2.31. The second-order valence-corrected chi connectivity index (χ2v) is 10.9. The van der Waals surface area contributed by atoms with Crippen molar-refractivity contribution >= 4 is 16.0 Å². The van der Waals surface area contributed by atoms with Crippen molar-refractivity contribution in [2.75, 3.05) is 13.7 Å². The number of carbonyl (C=O) groups is 1. The smallest absolute Gasteiger partial charge is 0.341 e. The average molecular weight is 510 g/mol. The number of carboxylic acid groups (broad SMARTS) is 1. The third-order valence-corrected chi connectivity index (χ3v) is 8.07. The van der Waals surface area contributed by atoms with Gasteiger partial charge in [0.1, 0.15) is 11.5 Å². The van der Waals surface area contributed by atoms with E-state index in [0.29, 0.717) is 18.6 Å². The number of aryl methyl sites for hydroxylation is 3. The zero-order valence-electron chi connectivity index (χ0n) is 20.9. The Balaban J connectivity index is 1.60. The number of hydrogen-bond acceptors (Lipinski definition) is 5. The molecule has 0 radical (unpaired) electrons. The maximum atomic E-state index is 13.4. The van der Waals surface area contributed by atoms with Gasteiger partial charge in [0.2, 0.25) is 10.0 Å². The Kier molecular flexibility index (Phi) is 7.38. The van der Waals surface area contributed by atoms with E-state index in [1.807, 2.05) is 45.0 Å². The number of ether oxygens (including phenoxy) is 2. The summed E-state index contributed by atoms with van der Waals surface area (Å²) in [6.07, 6.45) is 2.12. The highest BCUT2D eigenvalue weighted by Crippen LogP contribution is 2.37. The summed E-state index contributed by atoms with van der Waals surface area (Å²) in [6, 6.07) is 14.2. The summed E-state index contributed by atoms with van der Waals surface area (Å²) in [4.78, 5) is 11.1. The molecular formula is C28H31NO6S. The van der Waals surface area contributed by atoms with Crippen LogP contribution in [-0.2, 0) is 21.2 Å². The van der Waals surface area contributed by atoms with Gasteiger partial charge in [-0.3, -0.25) is 0 Å². The maximum absolute atomic E-state index is 13.4. The van der Waals surface area contributed by atoms with Crippen molar-refractivity contribution in [3.8, 4) is 22.6 Å². The molecule has 0 spiro atoms. The minimum absolute atomic E-state index is 0.205. The number of methoxy groups -OCH3 is 1. The quantitative estimate of drug-likeness (QED) is 0.438. The molecule has 0 fully saturated rings. The summed E-state index contributed by atoms with van der Waals surface area (Å²) in [5.41, 5.74) is 6.55. The lowest BCUT2D eigenvalue weighted by atomic mass is 9.87. The van der Waals surface area contributed by atoms with E-state index in [1.165, 1.54) is 0 Å². The molecule has 0 amide bonds. The minimum atomic E-state index is -3.79. The van der Waals surface area contributed by atoms with E-state index >= 15 is 0 Å². The average Bonchev–Trinajstić information content (AvgIpc) is 2.82. The van der Waals surface area contributed by atoms with E-state index in [4.69, 9.17) is 14.6 Å². The van der Waals surface area contributed by atoms with Crippen molar-refractivity contribution in [1.29, 1.82) is 0 Å². The molecule has 3 aromatic rings. The predicted octanol–water partition coefficient (Wildman–Crippen LogP) is 5.11. The van der Waals surface area contributed by atoms with Crippen LogP contribution in [0.25, 0.3) is 11.1 Å². The van der Waals surface area contributed by atoms with Crippen molar-refractivity contribution in [2.24, 2.45) is 0 Å². The van der Waals surface area contributed by atoms with Crippen molar-refractivity contribution in [3.63, 3.8) is 0 Å². The van der Waals surface area contributed by atoms with Gasteiger partial charge in [-0.2, -0.15) is 0 Å². The largest absolute Gasteiger partial charge is 0.496 e. The molecule has 8 heteroatoms. The molecule has 2 N–H and O–H groups in total. The lowest BCUT2D eigenvalue weighted by molar-refractivity contribution is -0.139. The molecule has 190 valence electrons. The van der Waals surface area contributed by atoms with Gasteiger partial charge in [0.05, 0.1) is 12.0 Å². The second-order valence-electron chi connectivity index (χ2n) is 9.19. The van der Waals surface area contributed by atoms with E-state index in [1.54, 1.807) is 31.4 Å². The molecule has 0 heterocycles. The van der Waals surface area contributed by atoms with Crippen LogP contribution in [0.4, 0.5) is 0 Å². The van der Waals surface area contributed by atoms with Crippen LogP contribution in [0.1, 0.15) is 46.7 Å². The molecule has 36 heavy (non-hydrogen) atoms. The number of benzene rings is 3. The molecule has 4 rings (SSSR count). The Labute approximate surface area is 212 Å². The van der Waals surface area contributed by atoms with Gasteiger partial charge in [-0.05, 0) is 109 Å². The van der Waals surface area contributed by atoms with Crippen LogP contribution >= 0.6 is 0 Å². The van der Waals surface area contributed by atoms with E-state index < -0.39 is 28.6 Å². The molecular weight excluding hydrogens is 478 g/mol. The Hall–Kier alpha value is -3.36. The summed E-state index contributed by atoms with van der Waals surface area (Å²) in [5, 5.41) is 8.95. The zero-order chi connectivity index (χ0) is 26.0. The summed E-state index contributed by atoms with van der Waals surface area (Å²) < 4.78 is 40.5. The topological polar surface area (TPSA) is 102 Å². The van der Waals surface area contributed by atoms with E-state index in [9.17, 15) is 13.2 Å². The fraction of sp³-hybridized carbons (Fsp3) is 0.321. The highest BCUT2D eigenvalue weighted by molar-refractivity contribution is 7.89. The van der Waals surface area contributed by atoms with E-state index in [0.717, 1.165) is 51.1 Å². The number of nitrogens with one attached hydrogen (secondary N) is 1. The Morgan fingerprint density at radius 2 is 1.78 bits per heavy atom. The molecule has 1 atom stereocenters. The molecule has 1 aliphatic carbocycles. The fourth-order valence-electron chi connectivity index (χ4n) is 5.02. The summed E-state index contributed by atoms with van der Waals surface area (Å²) in [5.74, 6) is 0.285. The second kappa shape index (κ2) is 10.3. The first-order chi connectivity index (χ1) is 17.1. The standard InChI is InChI=1S/C28H31NO6S/c1-17-15-21(11-12-22(17)20-13-18(2)28(34-4)19(3)14-20)36(32,33)29-25-9-5-8-24-23(25)7-6-10-26(24)35-16-27(30)31/h6-7,10-15,25,29H,5,8-9,16H2,1-4H3,(H,30,31)/t25-/m1/s1. The Morgan fingerprint density at radius 1 is 1.06 bits per heavy atom. The van der Waals surface area contributed by atoms with Gasteiger partial charge >= 0.3 is 5.97 Å². The fourth-order valence-corrected chi connectivity index (χ4v) is 6.36. The number of aliphatic carboxylic acids is 1. The van der Waals surface area contributed by atoms with Gasteiger partial charge in [0.15, 0.2) is 6.61 Å². The Morgan fingerprint density at radius 3 is 2.42 bits per heavy atom. The van der Waals surface area contributed by atoms with Crippen LogP contribution in [0.2, 0.25) is 0 Å². The predicted molar refractivity (Wildman–Crippen MR) is 138 cm³/mol. The molecule has 0 saturated carbocycles. The molecule has 3 aromatic carbocycles. The third kappa shape index (κ3) is 5.24. The van der Waals surface area contributed by atoms with Gasteiger partial charge in [-0.25, -0.2) is 17.9 Å². The van der Waals surface area contributed by atoms with Crippen LogP contribution in [-0.4, -0.2) is 33.2 Å². The number of fused-ring (bicyclic) bond motifs is 1. The molecule has 0 aliphatic heterocycles. The van der Waals surface area contributed by atoms with Crippen molar-refractivity contribution in [1.82, 2.24) is 4.72 Å². The van der Waals surface area contributed by atoms with Gasteiger partial charge in [0.25, 0.3) is 0 Å². The van der Waals surface area contributed by atoms with Crippen LogP contribution in [0.3, 0.4) is 0 Å². The molecule has 1 aliphatic rings. The SMILES string of the molecule is COc1c(C)cc(-c2ccc(S(=O)(=O)N[C@@H]3CCCc4c(OCC(=O)O)cccc43)cc2C)cc1C. The van der Waals surface area contributed by atoms with Gasteiger partial charge in [-0.15, -0.1) is 0 Å². The third-order valence-electron chi connectivity index (χ3n) is 6.60. The number of rotatable bonds is 8. The van der Waals surface area contributed by atoms with Crippen molar-refractivity contribution in [3.05, 3.63) is 76.3 Å². The monoisotopic (exact) mass is 509 g/mol. The van der Waals surface area contributed by atoms with Gasteiger partial charge in [-0.1, -0.05) is 18.2 Å². The van der Waals surface area contributed by atoms with Gasteiger partial charge in [0, 0.05) is 6.04 Å². The highest BCUT2D eigenvalue weighted by Gasteiger charge is 2.28. The van der Waals surface area contributed by atoms with Crippen LogP contribution in [0.15, 0.2) is 53.4 Å². The number of sulfonamides is 1. The Bertz CT molecular complexity index is 1390. The normalized spacial score (nSPS) is 15.3. The van der Waals surface area contributed by atoms with E-state index in [-0.39, 0.29) is 4.90 Å². The zero-order valence-corrected chi connectivity index (χ0v) is 21.7.